The van der Waals surface area contributed by atoms with Crippen LogP contribution >= 0.6 is 11.3 Å². The molecule has 7 aromatic carbocycles. The van der Waals surface area contributed by atoms with Gasteiger partial charge in [0.1, 0.15) is 0 Å². The third-order valence-corrected chi connectivity index (χ3v) is 12.0. The molecule has 0 unspecified atom stereocenters. The Balaban J connectivity index is 0.933. The Labute approximate surface area is 345 Å². The largest absolute Gasteiger partial charge is 0.262 e. The van der Waals surface area contributed by atoms with Crippen LogP contribution in [0.1, 0.15) is 0 Å². The van der Waals surface area contributed by atoms with Gasteiger partial charge in [-0.25, -0.2) is 19.9 Å². The fourth-order valence-corrected chi connectivity index (χ4v) is 9.09. The van der Waals surface area contributed by atoms with Gasteiger partial charge in [0, 0.05) is 49.3 Å². The maximum atomic E-state index is 5.15. The summed E-state index contributed by atoms with van der Waals surface area (Å²) in [6, 6.07) is 65.5. The molecule has 0 fully saturated rings. The highest BCUT2D eigenvalue weighted by atomic mass is 32.1. The maximum Gasteiger partial charge on any atom is 0.164 e. The number of aromatic nitrogens is 5. The molecule has 0 radical (unpaired) electrons. The van der Waals surface area contributed by atoms with Crippen molar-refractivity contribution < 1.29 is 0 Å². The number of benzene rings is 7. The average Bonchev–Trinajstić information content (AvgIpc) is 3.72. The van der Waals surface area contributed by atoms with Gasteiger partial charge in [-0.1, -0.05) is 164 Å². The summed E-state index contributed by atoms with van der Waals surface area (Å²) in [5, 5.41) is 3.63. The normalized spacial score (nSPS) is 11.4. The van der Waals surface area contributed by atoms with E-state index in [1.165, 1.54) is 25.7 Å². The Morgan fingerprint density at radius 3 is 1.51 bits per heavy atom. The molecule has 4 aromatic heterocycles. The molecule has 0 amide bonds. The molecule has 0 saturated heterocycles. The second-order valence-electron chi connectivity index (χ2n) is 14.5. The number of hydrogen-bond acceptors (Lipinski definition) is 6. The summed E-state index contributed by atoms with van der Waals surface area (Å²) in [7, 11) is 0. The monoisotopic (exact) mass is 771 g/mol. The van der Waals surface area contributed by atoms with Crippen molar-refractivity contribution >= 4 is 42.4 Å². The number of thiophene rings is 1. The van der Waals surface area contributed by atoms with Crippen LogP contribution in [0.5, 0.6) is 0 Å². The van der Waals surface area contributed by atoms with Crippen LogP contribution in [-0.4, -0.2) is 24.9 Å². The molecule has 276 valence electrons. The molecule has 0 bridgehead atoms. The van der Waals surface area contributed by atoms with E-state index < -0.39 is 0 Å². The molecule has 0 saturated carbocycles. The molecule has 11 aromatic rings. The summed E-state index contributed by atoms with van der Waals surface area (Å²) in [4.78, 5) is 24.6. The van der Waals surface area contributed by atoms with Gasteiger partial charge in [-0.15, -0.1) is 11.3 Å². The summed E-state index contributed by atoms with van der Waals surface area (Å²) in [5.41, 5.74) is 12.5. The molecule has 11 rings (SSSR count). The van der Waals surface area contributed by atoms with Crippen molar-refractivity contribution in [3.63, 3.8) is 0 Å². The first-order chi connectivity index (χ1) is 29.2. The number of nitrogens with zero attached hydrogens (tertiary/aromatic N) is 5. The smallest absolute Gasteiger partial charge is 0.164 e. The predicted molar refractivity (Wildman–Crippen MR) is 244 cm³/mol. The summed E-state index contributed by atoms with van der Waals surface area (Å²) in [5.74, 6) is 1.89. The van der Waals surface area contributed by atoms with E-state index >= 15 is 0 Å². The highest BCUT2D eigenvalue weighted by Crippen LogP contribution is 2.43. The first-order valence-electron chi connectivity index (χ1n) is 19.6. The Hall–Kier alpha value is -7.67. The van der Waals surface area contributed by atoms with E-state index in [0.717, 1.165) is 66.7 Å². The summed E-state index contributed by atoms with van der Waals surface area (Å²) < 4.78 is 2.45. The van der Waals surface area contributed by atoms with Gasteiger partial charge < -0.3 is 0 Å². The molecule has 0 aliphatic carbocycles. The predicted octanol–water partition coefficient (Wildman–Crippen LogP) is 13.9. The zero-order chi connectivity index (χ0) is 39.1. The number of hydrogen-bond donors (Lipinski definition) is 0. The molecule has 0 N–H and O–H groups in total. The van der Waals surface area contributed by atoms with Crippen molar-refractivity contribution in [1.82, 2.24) is 24.9 Å². The molecule has 5 nitrogen and oxygen atoms in total. The Kier molecular flexibility index (Phi) is 8.60. The molecular weight excluding hydrogens is 739 g/mol. The third-order valence-electron chi connectivity index (χ3n) is 10.8. The lowest BCUT2D eigenvalue weighted by atomic mass is 9.96. The van der Waals surface area contributed by atoms with Crippen LogP contribution in [0.25, 0.3) is 110 Å². The number of pyridine rings is 2. The van der Waals surface area contributed by atoms with Crippen molar-refractivity contribution in [2.45, 2.75) is 0 Å². The first kappa shape index (κ1) is 34.6. The van der Waals surface area contributed by atoms with E-state index in [9.17, 15) is 0 Å². The highest BCUT2D eigenvalue weighted by Gasteiger charge is 2.17. The maximum absolute atomic E-state index is 5.15. The zero-order valence-corrected chi connectivity index (χ0v) is 32.5. The van der Waals surface area contributed by atoms with Crippen LogP contribution in [0, 0.1) is 0 Å². The number of fused-ring (bicyclic) bond motifs is 5. The Bertz CT molecular complexity index is 3310. The van der Waals surface area contributed by atoms with Gasteiger partial charge in [0.05, 0.1) is 22.1 Å². The van der Waals surface area contributed by atoms with Gasteiger partial charge >= 0.3 is 0 Å². The molecule has 4 heterocycles. The third kappa shape index (κ3) is 6.52. The summed E-state index contributed by atoms with van der Waals surface area (Å²) >= 11 is 1.80. The van der Waals surface area contributed by atoms with E-state index in [1.807, 2.05) is 48.8 Å². The molecule has 0 atom stereocenters. The molecule has 0 aliphatic heterocycles. The molecule has 59 heavy (non-hydrogen) atoms. The second kappa shape index (κ2) is 14.7. The molecule has 0 aliphatic rings. The van der Waals surface area contributed by atoms with E-state index in [2.05, 4.69) is 157 Å². The van der Waals surface area contributed by atoms with Gasteiger partial charge in [-0.3, -0.25) is 4.98 Å². The minimum atomic E-state index is 0.625. The fourth-order valence-electron chi connectivity index (χ4n) is 7.86. The van der Waals surface area contributed by atoms with E-state index in [0.29, 0.717) is 17.5 Å². The van der Waals surface area contributed by atoms with Crippen molar-refractivity contribution in [1.29, 1.82) is 0 Å². The van der Waals surface area contributed by atoms with Crippen molar-refractivity contribution in [2.75, 3.05) is 0 Å². The van der Waals surface area contributed by atoms with Crippen LogP contribution < -0.4 is 0 Å². The van der Waals surface area contributed by atoms with E-state index in [4.69, 9.17) is 19.9 Å². The summed E-state index contributed by atoms with van der Waals surface area (Å²) in [6.07, 6.45) is 3.72. The first-order valence-corrected chi connectivity index (χ1v) is 20.4. The Morgan fingerprint density at radius 2 is 0.814 bits per heavy atom. The lowest BCUT2D eigenvalue weighted by Gasteiger charge is -2.11. The van der Waals surface area contributed by atoms with E-state index in [1.54, 1.807) is 11.3 Å². The summed E-state index contributed by atoms with van der Waals surface area (Å²) in [6.45, 7) is 0. The van der Waals surface area contributed by atoms with Crippen LogP contribution in [0.2, 0.25) is 0 Å². The van der Waals surface area contributed by atoms with Gasteiger partial charge in [0.2, 0.25) is 0 Å². The molecule has 0 spiro atoms. The average molecular weight is 772 g/mol. The fraction of sp³-hybridized carbons (Fsp3) is 0. The van der Waals surface area contributed by atoms with E-state index in [-0.39, 0.29) is 0 Å². The van der Waals surface area contributed by atoms with Crippen LogP contribution in [0.15, 0.2) is 200 Å². The van der Waals surface area contributed by atoms with Crippen LogP contribution in [-0.2, 0) is 0 Å². The van der Waals surface area contributed by atoms with Gasteiger partial charge in [-0.2, -0.15) is 0 Å². The van der Waals surface area contributed by atoms with Crippen LogP contribution in [0.4, 0.5) is 0 Å². The standard InChI is InChI=1S/C53H33N5S/c1-3-11-34(12-4-1)35-23-27-39(28-24-35)52-56-51(38-13-5-2-6-14-38)57-53(58-52)43-18-10-17-42(32-43)41-16-9-15-40(31-41)36-21-25-37(26-22-36)49-50-48(44-29-30-54-33-46(44)55-49)45-19-7-8-20-47(45)59-50/h1-33H. The second-order valence-corrected chi connectivity index (χ2v) is 15.6. The quantitative estimate of drug-likeness (QED) is 0.161. The molecular formula is C53H33N5S. The number of rotatable bonds is 7. The SMILES string of the molecule is c1ccc(-c2ccc(-c3nc(-c4ccccc4)nc(-c4cccc(-c5cccc(-c6ccc(-c7nc8cnccc8c8c7sc7ccccc78)cc6)c5)c4)n3)cc2)cc1. The molecule has 6 heteroatoms. The van der Waals surface area contributed by atoms with Crippen molar-refractivity contribution in [3.05, 3.63) is 200 Å². The van der Waals surface area contributed by atoms with Gasteiger partial charge in [0.15, 0.2) is 17.5 Å². The highest BCUT2D eigenvalue weighted by molar-refractivity contribution is 7.26. The van der Waals surface area contributed by atoms with Gasteiger partial charge in [0.25, 0.3) is 0 Å². The van der Waals surface area contributed by atoms with Crippen LogP contribution in [0.3, 0.4) is 0 Å². The van der Waals surface area contributed by atoms with Crippen molar-refractivity contribution in [2.24, 2.45) is 0 Å². The Morgan fingerprint density at radius 1 is 0.339 bits per heavy atom. The lowest BCUT2D eigenvalue weighted by Crippen LogP contribution is -2.00. The minimum Gasteiger partial charge on any atom is -0.262 e. The zero-order valence-electron chi connectivity index (χ0n) is 31.7. The van der Waals surface area contributed by atoms with Gasteiger partial charge in [-0.05, 0) is 57.6 Å². The topological polar surface area (TPSA) is 64.5 Å². The van der Waals surface area contributed by atoms with Crippen molar-refractivity contribution in [3.8, 4) is 78.8 Å². The minimum absolute atomic E-state index is 0.625. The lowest BCUT2D eigenvalue weighted by molar-refractivity contribution is 1.07.